The van der Waals surface area contributed by atoms with Crippen LogP contribution < -0.4 is 5.32 Å². The normalized spacial score (nSPS) is 10.1. The van der Waals surface area contributed by atoms with E-state index in [1.807, 2.05) is 0 Å². The highest BCUT2D eigenvalue weighted by Crippen LogP contribution is 2.13. The van der Waals surface area contributed by atoms with Crippen molar-refractivity contribution in [2.45, 2.75) is 0 Å². The van der Waals surface area contributed by atoms with Crippen LogP contribution in [0.3, 0.4) is 0 Å². The van der Waals surface area contributed by atoms with Crippen molar-refractivity contribution >= 4 is 23.4 Å². The lowest BCUT2D eigenvalue weighted by Crippen LogP contribution is -2.39. The Morgan fingerprint density at radius 1 is 1.53 bits per heavy atom. The van der Waals surface area contributed by atoms with Crippen LogP contribution in [0.4, 0.5) is 0 Å². The first-order chi connectivity index (χ1) is 9.06. The van der Waals surface area contributed by atoms with Crippen molar-refractivity contribution in [1.82, 2.24) is 15.2 Å². The second-order valence-corrected chi connectivity index (χ2v) is 4.20. The molecule has 1 N–H and O–H groups in total. The van der Waals surface area contributed by atoms with Crippen LogP contribution in [-0.2, 0) is 9.53 Å². The molecule has 0 aliphatic carbocycles. The molecule has 7 heteroatoms. The fourth-order valence-corrected chi connectivity index (χ4v) is 1.59. The third-order valence-corrected chi connectivity index (χ3v) is 2.65. The maximum Gasteiger partial charge on any atom is 0.257 e. The first-order valence-corrected chi connectivity index (χ1v) is 6.05. The number of pyridine rings is 1. The fourth-order valence-electron chi connectivity index (χ4n) is 1.39. The van der Waals surface area contributed by atoms with E-state index in [1.165, 1.54) is 18.1 Å². The van der Waals surface area contributed by atoms with E-state index < -0.39 is 0 Å². The minimum absolute atomic E-state index is 0.0478. The second kappa shape index (κ2) is 7.70. The van der Waals surface area contributed by atoms with Gasteiger partial charge in [-0.1, -0.05) is 11.6 Å². The van der Waals surface area contributed by atoms with Crippen molar-refractivity contribution in [2.24, 2.45) is 0 Å². The molecule has 0 bridgehead atoms. The first kappa shape index (κ1) is 15.4. The van der Waals surface area contributed by atoms with Crippen LogP contribution in [0.5, 0.6) is 0 Å². The van der Waals surface area contributed by atoms with Gasteiger partial charge in [0.15, 0.2) is 0 Å². The Kier molecular flexibility index (Phi) is 6.24. The van der Waals surface area contributed by atoms with Crippen LogP contribution >= 0.6 is 11.6 Å². The average molecular weight is 286 g/mol. The zero-order valence-electron chi connectivity index (χ0n) is 10.9. The van der Waals surface area contributed by atoms with E-state index >= 15 is 0 Å². The summed E-state index contributed by atoms with van der Waals surface area (Å²) < 4.78 is 4.81. The van der Waals surface area contributed by atoms with Crippen LogP contribution in [0.25, 0.3) is 0 Å². The van der Waals surface area contributed by atoms with Gasteiger partial charge in [0.25, 0.3) is 5.91 Å². The Bertz CT molecular complexity index is 454. The molecule has 0 unspecified atom stereocenters. The highest BCUT2D eigenvalue weighted by molar-refractivity contribution is 6.32. The Morgan fingerprint density at radius 3 is 2.89 bits per heavy atom. The summed E-state index contributed by atoms with van der Waals surface area (Å²) in [4.78, 5) is 28.7. The number of nitrogens with one attached hydrogen (secondary N) is 1. The Balaban J connectivity index is 2.54. The molecule has 1 aromatic heterocycles. The molecule has 19 heavy (non-hydrogen) atoms. The summed E-state index contributed by atoms with van der Waals surface area (Å²) in [7, 11) is 3.08. The average Bonchev–Trinajstić information content (AvgIpc) is 2.38. The van der Waals surface area contributed by atoms with Crippen LogP contribution in [-0.4, -0.2) is 55.6 Å². The summed E-state index contributed by atoms with van der Waals surface area (Å²) in [6.45, 7) is 0.788. The summed E-state index contributed by atoms with van der Waals surface area (Å²) in [5, 5.41) is 2.75. The predicted octanol–water partition coefficient (Wildman–Crippen LogP) is 0.570. The van der Waals surface area contributed by atoms with Crippen molar-refractivity contribution in [1.29, 1.82) is 0 Å². The smallest absolute Gasteiger partial charge is 0.257 e. The van der Waals surface area contributed by atoms with Gasteiger partial charge in [-0.25, -0.2) is 4.98 Å². The molecular weight excluding hydrogens is 270 g/mol. The molecule has 0 aliphatic heterocycles. The maximum atomic E-state index is 12.0. The van der Waals surface area contributed by atoms with Gasteiger partial charge >= 0.3 is 0 Å². The van der Waals surface area contributed by atoms with Crippen molar-refractivity contribution in [3.8, 4) is 0 Å². The summed E-state index contributed by atoms with van der Waals surface area (Å²) >= 11 is 5.83. The molecule has 1 rings (SSSR count). The van der Waals surface area contributed by atoms with Gasteiger partial charge in [-0.05, 0) is 12.1 Å². The molecule has 0 aliphatic rings. The predicted molar refractivity (Wildman–Crippen MR) is 71.1 cm³/mol. The number of methoxy groups -OCH3 is 1. The minimum Gasteiger partial charge on any atom is -0.383 e. The zero-order valence-corrected chi connectivity index (χ0v) is 11.6. The van der Waals surface area contributed by atoms with E-state index in [0.717, 1.165) is 0 Å². The monoisotopic (exact) mass is 285 g/mol. The van der Waals surface area contributed by atoms with Gasteiger partial charge in [-0.15, -0.1) is 0 Å². The quantitative estimate of drug-likeness (QED) is 0.613. The standard InChI is InChI=1S/C12H16ClN3O3/c1-16(8-10(17)14-6-7-19-2)12(18)9-4-3-5-15-11(9)13/h3-5H,6-8H2,1-2H3,(H,14,17). The molecule has 104 valence electrons. The molecule has 0 saturated carbocycles. The number of ether oxygens (including phenoxy) is 1. The lowest BCUT2D eigenvalue weighted by Gasteiger charge is -2.17. The van der Waals surface area contributed by atoms with E-state index in [-0.39, 0.29) is 29.1 Å². The van der Waals surface area contributed by atoms with Crippen LogP contribution in [0.15, 0.2) is 18.3 Å². The van der Waals surface area contributed by atoms with Crippen molar-refractivity contribution in [3.63, 3.8) is 0 Å². The van der Waals surface area contributed by atoms with Gasteiger partial charge in [-0.2, -0.15) is 0 Å². The van der Waals surface area contributed by atoms with Crippen molar-refractivity contribution in [3.05, 3.63) is 29.0 Å². The SMILES string of the molecule is COCCNC(=O)CN(C)C(=O)c1cccnc1Cl. The fraction of sp³-hybridized carbons (Fsp3) is 0.417. The van der Waals surface area contributed by atoms with E-state index in [1.54, 1.807) is 19.2 Å². The number of nitrogens with zero attached hydrogens (tertiary/aromatic N) is 2. The van der Waals surface area contributed by atoms with Gasteiger partial charge < -0.3 is 15.0 Å². The number of carbonyl (C=O) groups excluding carboxylic acids is 2. The molecule has 0 saturated heterocycles. The van der Waals surface area contributed by atoms with E-state index in [9.17, 15) is 9.59 Å². The molecule has 1 aromatic rings. The van der Waals surface area contributed by atoms with Crippen LogP contribution in [0.2, 0.25) is 5.15 Å². The molecule has 1 heterocycles. The number of halogens is 1. The second-order valence-electron chi connectivity index (χ2n) is 3.85. The first-order valence-electron chi connectivity index (χ1n) is 5.68. The van der Waals surface area contributed by atoms with Gasteiger partial charge in [0.1, 0.15) is 5.15 Å². The Labute approximate surface area is 116 Å². The minimum atomic E-state index is -0.347. The van der Waals surface area contributed by atoms with E-state index in [2.05, 4.69) is 10.3 Å². The van der Waals surface area contributed by atoms with E-state index in [4.69, 9.17) is 16.3 Å². The number of aromatic nitrogens is 1. The zero-order chi connectivity index (χ0) is 14.3. The molecule has 0 radical (unpaired) electrons. The largest absolute Gasteiger partial charge is 0.383 e. The maximum absolute atomic E-state index is 12.0. The molecule has 6 nitrogen and oxygen atoms in total. The highest BCUT2D eigenvalue weighted by Gasteiger charge is 2.17. The number of hydrogen-bond donors (Lipinski definition) is 1. The molecule has 0 fully saturated rings. The van der Waals surface area contributed by atoms with Crippen molar-refractivity contribution in [2.75, 3.05) is 33.9 Å². The number of amides is 2. The molecule has 0 spiro atoms. The third kappa shape index (κ3) is 4.84. The molecule has 2 amide bonds. The number of hydrogen-bond acceptors (Lipinski definition) is 4. The van der Waals surface area contributed by atoms with E-state index in [0.29, 0.717) is 13.2 Å². The van der Waals surface area contributed by atoms with Gasteiger partial charge in [0.2, 0.25) is 5.91 Å². The number of rotatable bonds is 6. The molecule has 0 aromatic carbocycles. The van der Waals surface area contributed by atoms with Gasteiger partial charge in [0.05, 0.1) is 18.7 Å². The summed E-state index contributed by atoms with van der Waals surface area (Å²) in [6, 6.07) is 3.18. The molecule has 0 atom stereocenters. The topological polar surface area (TPSA) is 71.5 Å². The number of likely N-dealkylation sites (N-methyl/N-ethyl adjacent to an activating group) is 1. The molecular formula is C12H16ClN3O3. The summed E-state index contributed by atoms with van der Waals surface area (Å²) in [5.74, 6) is -0.604. The van der Waals surface area contributed by atoms with Crippen molar-refractivity contribution < 1.29 is 14.3 Å². The number of carbonyl (C=O) groups is 2. The highest BCUT2D eigenvalue weighted by atomic mass is 35.5. The van der Waals surface area contributed by atoms with Crippen LogP contribution in [0.1, 0.15) is 10.4 Å². The van der Waals surface area contributed by atoms with Crippen LogP contribution in [0, 0.1) is 0 Å². The lowest BCUT2D eigenvalue weighted by atomic mass is 10.2. The Morgan fingerprint density at radius 2 is 2.26 bits per heavy atom. The third-order valence-electron chi connectivity index (χ3n) is 2.35. The Hall–Kier alpha value is -1.66. The summed E-state index contributed by atoms with van der Waals surface area (Å²) in [6.07, 6.45) is 1.50. The lowest BCUT2D eigenvalue weighted by molar-refractivity contribution is -0.121. The van der Waals surface area contributed by atoms with Gasteiger partial charge in [0, 0.05) is 26.9 Å². The van der Waals surface area contributed by atoms with Gasteiger partial charge in [-0.3, -0.25) is 9.59 Å². The summed E-state index contributed by atoms with van der Waals surface area (Å²) in [5.41, 5.74) is 0.274.